The molecular weight excluding hydrogens is 380 g/mol. The van der Waals surface area contributed by atoms with Gasteiger partial charge in [0.15, 0.2) is 0 Å². The maximum absolute atomic E-state index is 12.2. The normalized spacial score (nSPS) is 10.9. The van der Waals surface area contributed by atoms with E-state index in [-0.39, 0.29) is 17.2 Å². The molecule has 2 aromatic heterocycles. The molecule has 0 unspecified atom stereocenters. The van der Waals surface area contributed by atoms with Crippen molar-refractivity contribution in [2.45, 2.75) is 52.5 Å². The molecule has 3 aromatic rings. The van der Waals surface area contributed by atoms with E-state index < -0.39 is 5.97 Å². The SMILES string of the molecule is CCCCn1nc(C(=O)CCC)nc1Cc1ccc(-c2ccccc2C(=O)O)nc1. The summed E-state index contributed by atoms with van der Waals surface area (Å²) in [7, 11) is 0. The van der Waals surface area contributed by atoms with Crippen LogP contribution in [-0.4, -0.2) is 36.6 Å². The molecule has 0 saturated carbocycles. The Labute approximate surface area is 175 Å². The molecule has 30 heavy (non-hydrogen) atoms. The predicted octanol–water partition coefficient (Wildman–Crippen LogP) is 4.41. The topological polar surface area (TPSA) is 98.0 Å². The Morgan fingerprint density at radius 1 is 1.07 bits per heavy atom. The molecule has 0 aliphatic carbocycles. The lowest BCUT2D eigenvalue weighted by atomic mass is 10.0. The summed E-state index contributed by atoms with van der Waals surface area (Å²) in [5.41, 5.74) is 2.32. The van der Waals surface area contributed by atoms with Crippen LogP contribution in [0.4, 0.5) is 0 Å². The molecular formula is C23H26N4O3. The van der Waals surface area contributed by atoms with Crippen molar-refractivity contribution in [3.8, 4) is 11.3 Å². The van der Waals surface area contributed by atoms with Crippen LogP contribution < -0.4 is 0 Å². The highest BCUT2D eigenvalue weighted by Crippen LogP contribution is 2.22. The van der Waals surface area contributed by atoms with E-state index in [4.69, 9.17) is 0 Å². The first-order valence-electron chi connectivity index (χ1n) is 10.3. The van der Waals surface area contributed by atoms with Crippen molar-refractivity contribution in [2.75, 3.05) is 0 Å². The van der Waals surface area contributed by atoms with E-state index in [0.29, 0.717) is 24.1 Å². The predicted molar refractivity (Wildman–Crippen MR) is 114 cm³/mol. The third-order valence-corrected chi connectivity index (χ3v) is 4.82. The highest BCUT2D eigenvalue weighted by Gasteiger charge is 2.17. The lowest BCUT2D eigenvalue weighted by molar-refractivity contribution is 0.0697. The van der Waals surface area contributed by atoms with Crippen molar-refractivity contribution in [2.24, 2.45) is 0 Å². The van der Waals surface area contributed by atoms with Gasteiger partial charge in [0, 0.05) is 31.1 Å². The van der Waals surface area contributed by atoms with Crippen molar-refractivity contribution in [3.63, 3.8) is 0 Å². The molecule has 1 N–H and O–H groups in total. The number of hydrogen-bond acceptors (Lipinski definition) is 5. The van der Waals surface area contributed by atoms with Gasteiger partial charge in [-0.05, 0) is 30.5 Å². The molecule has 0 aliphatic rings. The highest BCUT2D eigenvalue weighted by atomic mass is 16.4. The molecule has 0 aliphatic heterocycles. The maximum atomic E-state index is 12.2. The fourth-order valence-corrected chi connectivity index (χ4v) is 3.21. The zero-order valence-electron chi connectivity index (χ0n) is 17.3. The van der Waals surface area contributed by atoms with Gasteiger partial charge in [-0.1, -0.05) is 44.5 Å². The van der Waals surface area contributed by atoms with Crippen LogP contribution >= 0.6 is 0 Å². The summed E-state index contributed by atoms with van der Waals surface area (Å²) in [4.78, 5) is 32.6. The smallest absolute Gasteiger partial charge is 0.336 e. The number of pyridine rings is 1. The highest BCUT2D eigenvalue weighted by molar-refractivity contribution is 5.95. The molecule has 0 saturated heterocycles. The Kier molecular flexibility index (Phi) is 7.06. The Hall–Kier alpha value is -3.35. The quantitative estimate of drug-likeness (QED) is 0.501. The van der Waals surface area contributed by atoms with E-state index in [2.05, 4.69) is 22.0 Å². The molecule has 0 spiro atoms. The molecule has 7 nitrogen and oxygen atoms in total. The molecule has 7 heteroatoms. The van der Waals surface area contributed by atoms with Gasteiger partial charge in [-0.25, -0.2) is 14.5 Å². The Bertz CT molecular complexity index is 1030. The van der Waals surface area contributed by atoms with Crippen LogP contribution in [0, 0.1) is 0 Å². The first-order valence-corrected chi connectivity index (χ1v) is 10.3. The number of ketones is 1. The van der Waals surface area contributed by atoms with E-state index in [0.717, 1.165) is 37.2 Å². The summed E-state index contributed by atoms with van der Waals surface area (Å²) < 4.78 is 1.82. The van der Waals surface area contributed by atoms with E-state index in [1.165, 1.54) is 0 Å². The number of carbonyl (C=O) groups is 2. The van der Waals surface area contributed by atoms with Crippen LogP contribution in [0.25, 0.3) is 11.3 Å². The summed E-state index contributed by atoms with van der Waals surface area (Å²) in [5, 5.41) is 13.8. The third-order valence-electron chi connectivity index (χ3n) is 4.82. The van der Waals surface area contributed by atoms with Crippen molar-refractivity contribution >= 4 is 11.8 Å². The molecule has 0 atom stereocenters. The van der Waals surface area contributed by atoms with E-state index in [1.54, 1.807) is 30.5 Å². The average molecular weight is 406 g/mol. The lowest BCUT2D eigenvalue weighted by Gasteiger charge is -2.07. The first-order chi connectivity index (χ1) is 14.5. The number of hydrogen-bond donors (Lipinski definition) is 1. The first kappa shape index (κ1) is 21.4. The molecule has 156 valence electrons. The molecule has 0 radical (unpaired) electrons. The van der Waals surface area contributed by atoms with Gasteiger partial charge < -0.3 is 5.11 Å². The second kappa shape index (κ2) is 9.91. The van der Waals surface area contributed by atoms with Crippen LogP contribution in [-0.2, 0) is 13.0 Å². The number of benzene rings is 1. The molecule has 0 fully saturated rings. The van der Waals surface area contributed by atoms with E-state index in [9.17, 15) is 14.7 Å². The van der Waals surface area contributed by atoms with Gasteiger partial charge >= 0.3 is 5.97 Å². The number of unbranched alkanes of at least 4 members (excludes halogenated alkanes) is 1. The Balaban J connectivity index is 1.84. The zero-order chi connectivity index (χ0) is 21.5. The van der Waals surface area contributed by atoms with Crippen molar-refractivity contribution in [3.05, 3.63) is 65.4 Å². The minimum absolute atomic E-state index is 0.0345. The minimum atomic E-state index is -0.982. The monoisotopic (exact) mass is 406 g/mol. The number of aromatic carboxylic acids is 1. The van der Waals surface area contributed by atoms with Gasteiger partial charge in [-0.15, -0.1) is 5.10 Å². The van der Waals surface area contributed by atoms with E-state index >= 15 is 0 Å². The van der Waals surface area contributed by atoms with Crippen LogP contribution in [0.1, 0.15) is 71.9 Å². The lowest BCUT2D eigenvalue weighted by Crippen LogP contribution is -2.07. The Morgan fingerprint density at radius 2 is 1.87 bits per heavy atom. The summed E-state index contributed by atoms with van der Waals surface area (Å²) in [6.45, 7) is 4.79. The second-order valence-electron chi connectivity index (χ2n) is 7.18. The average Bonchev–Trinajstić information content (AvgIpc) is 3.15. The van der Waals surface area contributed by atoms with Crippen molar-refractivity contribution in [1.82, 2.24) is 19.7 Å². The van der Waals surface area contributed by atoms with Crippen LogP contribution in [0.15, 0.2) is 42.6 Å². The summed E-state index contributed by atoms with van der Waals surface area (Å²) >= 11 is 0. The Morgan fingerprint density at radius 3 is 2.53 bits per heavy atom. The third kappa shape index (κ3) is 4.97. The van der Waals surface area contributed by atoms with Gasteiger partial charge in [-0.3, -0.25) is 9.78 Å². The number of Topliss-reactive ketones (excluding diaryl/α,β-unsaturated/α-hetero) is 1. The second-order valence-corrected chi connectivity index (χ2v) is 7.18. The molecule has 0 bridgehead atoms. The zero-order valence-corrected chi connectivity index (χ0v) is 17.3. The summed E-state index contributed by atoms with van der Waals surface area (Å²) in [6.07, 6.45) is 5.42. The number of aromatic nitrogens is 4. The summed E-state index contributed by atoms with van der Waals surface area (Å²) in [6, 6.07) is 10.5. The van der Waals surface area contributed by atoms with Crippen molar-refractivity contribution < 1.29 is 14.7 Å². The molecule has 1 aromatic carbocycles. The number of nitrogens with zero attached hydrogens (tertiary/aromatic N) is 4. The van der Waals surface area contributed by atoms with Gasteiger partial charge in [0.2, 0.25) is 11.6 Å². The number of carbonyl (C=O) groups excluding carboxylic acids is 1. The number of carboxylic acids is 1. The molecule has 3 rings (SSSR count). The number of carboxylic acid groups (broad SMARTS) is 1. The largest absolute Gasteiger partial charge is 0.478 e. The van der Waals surface area contributed by atoms with E-state index in [1.807, 2.05) is 23.7 Å². The van der Waals surface area contributed by atoms with Crippen LogP contribution in [0.3, 0.4) is 0 Å². The fourth-order valence-electron chi connectivity index (χ4n) is 3.21. The van der Waals surface area contributed by atoms with Gasteiger partial charge in [0.05, 0.1) is 11.3 Å². The maximum Gasteiger partial charge on any atom is 0.336 e. The fraction of sp³-hybridized carbons (Fsp3) is 0.348. The molecule has 2 heterocycles. The molecule has 0 amide bonds. The van der Waals surface area contributed by atoms with Crippen molar-refractivity contribution in [1.29, 1.82) is 0 Å². The summed E-state index contributed by atoms with van der Waals surface area (Å²) in [5.74, 6) is 0.00355. The number of aryl methyl sites for hydroxylation is 1. The van der Waals surface area contributed by atoms with Crippen LogP contribution in [0.5, 0.6) is 0 Å². The van der Waals surface area contributed by atoms with Gasteiger partial charge in [0.25, 0.3) is 0 Å². The van der Waals surface area contributed by atoms with Crippen LogP contribution in [0.2, 0.25) is 0 Å². The van der Waals surface area contributed by atoms with Gasteiger partial charge in [-0.2, -0.15) is 0 Å². The van der Waals surface area contributed by atoms with Gasteiger partial charge in [0.1, 0.15) is 5.82 Å². The standard InChI is InChI=1S/C23H26N4O3/c1-3-5-13-27-21(25-22(26-27)20(28)8-4-2)14-16-11-12-19(24-15-16)17-9-6-7-10-18(17)23(29)30/h6-7,9-12,15H,3-5,8,13-14H2,1-2H3,(H,29,30). The minimum Gasteiger partial charge on any atom is -0.478 e. The number of rotatable bonds is 10.